The van der Waals surface area contributed by atoms with Crippen LogP contribution in [0.4, 0.5) is 5.95 Å². The highest BCUT2D eigenvalue weighted by Crippen LogP contribution is 2.12. The molecule has 2 rings (SSSR count). The summed E-state index contributed by atoms with van der Waals surface area (Å²) >= 11 is 0. The van der Waals surface area contributed by atoms with E-state index in [1.807, 2.05) is 19.1 Å². The van der Waals surface area contributed by atoms with Gasteiger partial charge < -0.3 is 14.8 Å². The molecule has 2 aromatic heterocycles. The third-order valence-corrected chi connectivity index (χ3v) is 2.70. The molecule has 2 heterocycles. The van der Waals surface area contributed by atoms with E-state index in [4.69, 9.17) is 9.47 Å². The summed E-state index contributed by atoms with van der Waals surface area (Å²) < 4.78 is 10.6. The van der Waals surface area contributed by atoms with Crippen LogP contribution in [0.1, 0.15) is 18.9 Å². The maximum absolute atomic E-state index is 5.56. The van der Waals surface area contributed by atoms with Crippen LogP contribution in [0.2, 0.25) is 0 Å². The Kier molecular flexibility index (Phi) is 5.69. The molecule has 0 unspecified atom stereocenters. The highest BCUT2D eigenvalue weighted by Gasteiger charge is 2.07. The minimum absolute atomic E-state index is 0.241. The zero-order valence-electron chi connectivity index (χ0n) is 12.2. The zero-order chi connectivity index (χ0) is 14.9. The predicted molar refractivity (Wildman–Crippen MR) is 78.6 cm³/mol. The van der Waals surface area contributed by atoms with Gasteiger partial charge in [-0.15, -0.1) is 4.98 Å². The Bertz CT molecular complexity index is 550. The number of methoxy groups -OCH3 is 1. The summed E-state index contributed by atoms with van der Waals surface area (Å²) in [6, 6.07) is 4.50. The van der Waals surface area contributed by atoms with Gasteiger partial charge in [0, 0.05) is 18.9 Å². The molecule has 2 aromatic rings. The number of pyridine rings is 1. The Balaban J connectivity index is 1.86. The smallest absolute Gasteiger partial charge is 0.324 e. The summed E-state index contributed by atoms with van der Waals surface area (Å²) in [6.45, 7) is 3.21. The first-order valence-corrected chi connectivity index (χ1v) is 6.87. The predicted octanol–water partition coefficient (Wildman–Crippen LogP) is 1.72. The molecule has 7 heteroatoms. The molecule has 0 aliphatic heterocycles. The number of hydrogen-bond acceptors (Lipinski definition) is 7. The van der Waals surface area contributed by atoms with Crippen LogP contribution in [0.15, 0.2) is 24.5 Å². The van der Waals surface area contributed by atoms with E-state index in [9.17, 15) is 0 Å². The first-order valence-electron chi connectivity index (χ1n) is 6.87. The molecular formula is C14H19N5O2. The maximum atomic E-state index is 5.56. The van der Waals surface area contributed by atoms with Crippen molar-refractivity contribution < 1.29 is 9.47 Å². The van der Waals surface area contributed by atoms with Crippen LogP contribution in [0.3, 0.4) is 0 Å². The molecule has 0 amide bonds. The van der Waals surface area contributed by atoms with Crippen molar-refractivity contribution in [3.63, 3.8) is 0 Å². The average molecular weight is 289 g/mol. The van der Waals surface area contributed by atoms with Crippen LogP contribution in [0, 0.1) is 0 Å². The van der Waals surface area contributed by atoms with Crippen LogP contribution in [0.25, 0.3) is 0 Å². The molecule has 0 fully saturated rings. The fourth-order valence-corrected chi connectivity index (χ4v) is 1.72. The minimum Gasteiger partial charge on any atom is -0.467 e. The monoisotopic (exact) mass is 289 g/mol. The zero-order valence-corrected chi connectivity index (χ0v) is 12.2. The lowest BCUT2D eigenvalue weighted by Crippen LogP contribution is -2.09. The van der Waals surface area contributed by atoms with Crippen molar-refractivity contribution in [2.75, 3.05) is 25.6 Å². The van der Waals surface area contributed by atoms with Gasteiger partial charge in [0.25, 0.3) is 0 Å². The average Bonchev–Trinajstić information content (AvgIpc) is 2.53. The molecule has 1 N–H and O–H groups in total. The molecular weight excluding hydrogens is 270 g/mol. The van der Waals surface area contributed by atoms with Gasteiger partial charge in [-0.05, 0) is 37.5 Å². The summed E-state index contributed by atoms with van der Waals surface area (Å²) in [5, 5.41) is 3.01. The Morgan fingerprint density at radius 2 is 1.86 bits per heavy atom. The maximum Gasteiger partial charge on any atom is 0.324 e. The van der Waals surface area contributed by atoms with Gasteiger partial charge in [0.15, 0.2) is 0 Å². The van der Waals surface area contributed by atoms with E-state index in [1.165, 1.54) is 12.7 Å². The topological polar surface area (TPSA) is 82.1 Å². The summed E-state index contributed by atoms with van der Waals surface area (Å²) in [7, 11) is 1.51. The summed E-state index contributed by atoms with van der Waals surface area (Å²) in [4.78, 5) is 16.3. The van der Waals surface area contributed by atoms with Gasteiger partial charge in [0.05, 0.1) is 13.7 Å². The third-order valence-electron chi connectivity index (χ3n) is 2.70. The van der Waals surface area contributed by atoms with Gasteiger partial charge >= 0.3 is 12.0 Å². The van der Waals surface area contributed by atoms with Gasteiger partial charge in [0.1, 0.15) is 0 Å². The number of hydrogen-bond donors (Lipinski definition) is 1. The first-order chi connectivity index (χ1) is 10.3. The van der Waals surface area contributed by atoms with E-state index in [0.717, 1.165) is 12.8 Å². The van der Waals surface area contributed by atoms with Crippen LogP contribution in [-0.4, -0.2) is 40.2 Å². The molecule has 0 saturated carbocycles. The molecule has 21 heavy (non-hydrogen) atoms. The van der Waals surface area contributed by atoms with E-state index in [-0.39, 0.29) is 12.0 Å². The molecule has 0 spiro atoms. The standard InChI is InChI=1S/C14H19N5O2/c1-3-16-12-17-13(20-2)19-14(18-12)21-10-4-5-11-6-8-15-9-7-11/h6-9H,3-5,10H2,1-2H3,(H,16,17,18,19). The van der Waals surface area contributed by atoms with Crippen molar-refractivity contribution in [1.82, 2.24) is 19.9 Å². The summed E-state index contributed by atoms with van der Waals surface area (Å²) in [5.41, 5.74) is 1.23. The van der Waals surface area contributed by atoms with E-state index < -0.39 is 0 Å². The molecule has 0 atom stereocenters. The van der Waals surface area contributed by atoms with Gasteiger partial charge in [0.2, 0.25) is 5.95 Å². The summed E-state index contributed by atoms with van der Waals surface area (Å²) in [6.07, 6.45) is 5.37. The van der Waals surface area contributed by atoms with Crippen LogP contribution in [-0.2, 0) is 6.42 Å². The van der Waals surface area contributed by atoms with Gasteiger partial charge in [-0.25, -0.2) is 0 Å². The highest BCUT2D eigenvalue weighted by atomic mass is 16.5. The second-order valence-electron chi connectivity index (χ2n) is 4.27. The molecule has 0 bridgehead atoms. The third kappa shape index (κ3) is 4.87. The lowest BCUT2D eigenvalue weighted by molar-refractivity contribution is 0.276. The number of aryl methyl sites for hydroxylation is 1. The van der Waals surface area contributed by atoms with E-state index >= 15 is 0 Å². The normalized spacial score (nSPS) is 10.2. The minimum atomic E-state index is 0.241. The number of nitrogens with one attached hydrogen (secondary N) is 1. The summed E-state index contributed by atoms with van der Waals surface area (Å²) in [5.74, 6) is 0.452. The van der Waals surface area contributed by atoms with Crippen molar-refractivity contribution >= 4 is 5.95 Å². The van der Waals surface area contributed by atoms with E-state index in [0.29, 0.717) is 19.1 Å². The van der Waals surface area contributed by atoms with E-state index in [1.54, 1.807) is 12.4 Å². The lowest BCUT2D eigenvalue weighted by atomic mass is 10.1. The SMILES string of the molecule is CCNc1nc(OC)nc(OCCCc2ccncc2)n1. The molecule has 0 saturated heterocycles. The highest BCUT2D eigenvalue weighted by molar-refractivity contribution is 5.27. The molecule has 0 radical (unpaired) electrons. The Hall–Kier alpha value is -2.44. The number of aromatic nitrogens is 4. The molecule has 0 aromatic carbocycles. The number of nitrogens with zero attached hydrogens (tertiary/aromatic N) is 4. The number of ether oxygens (including phenoxy) is 2. The lowest BCUT2D eigenvalue weighted by Gasteiger charge is -2.08. The second kappa shape index (κ2) is 7.98. The Morgan fingerprint density at radius 1 is 1.10 bits per heavy atom. The van der Waals surface area contributed by atoms with Crippen molar-refractivity contribution in [2.45, 2.75) is 19.8 Å². The van der Waals surface area contributed by atoms with Crippen LogP contribution in [0.5, 0.6) is 12.0 Å². The largest absolute Gasteiger partial charge is 0.467 e. The van der Waals surface area contributed by atoms with Crippen molar-refractivity contribution in [2.24, 2.45) is 0 Å². The molecule has 0 aliphatic carbocycles. The first kappa shape index (κ1) is 15.0. The van der Waals surface area contributed by atoms with Gasteiger partial charge in [-0.2, -0.15) is 9.97 Å². The van der Waals surface area contributed by atoms with Crippen molar-refractivity contribution in [3.05, 3.63) is 30.1 Å². The van der Waals surface area contributed by atoms with Crippen molar-refractivity contribution in [1.29, 1.82) is 0 Å². The Labute approximate surface area is 123 Å². The number of anilines is 1. The fraction of sp³-hybridized carbons (Fsp3) is 0.429. The quantitative estimate of drug-likeness (QED) is 0.741. The van der Waals surface area contributed by atoms with Crippen LogP contribution >= 0.6 is 0 Å². The molecule has 0 aliphatic rings. The second-order valence-corrected chi connectivity index (χ2v) is 4.27. The van der Waals surface area contributed by atoms with E-state index in [2.05, 4.69) is 25.3 Å². The van der Waals surface area contributed by atoms with Gasteiger partial charge in [-0.1, -0.05) is 0 Å². The molecule has 112 valence electrons. The fourth-order valence-electron chi connectivity index (χ4n) is 1.72. The number of rotatable bonds is 8. The van der Waals surface area contributed by atoms with Crippen molar-refractivity contribution in [3.8, 4) is 12.0 Å². The molecule has 7 nitrogen and oxygen atoms in total. The van der Waals surface area contributed by atoms with Crippen LogP contribution < -0.4 is 14.8 Å². The Morgan fingerprint density at radius 3 is 2.57 bits per heavy atom. The van der Waals surface area contributed by atoms with Gasteiger partial charge in [-0.3, -0.25) is 4.98 Å².